The third kappa shape index (κ3) is 5.72. The topological polar surface area (TPSA) is 108 Å². The summed E-state index contributed by atoms with van der Waals surface area (Å²) in [7, 11) is 2.11. The van der Waals surface area contributed by atoms with Crippen molar-refractivity contribution in [2.24, 2.45) is 0 Å². The summed E-state index contributed by atoms with van der Waals surface area (Å²) >= 11 is 0. The number of nitrogens with one attached hydrogen (secondary N) is 4. The standard InChI is InChI=1S/C14H21N5O4/c1-18-4-6-19(7-5-18)17-13(21)10-15-12(20)9-16-14(22)11-3-2-8-23-11/h2-3,8H,4-7,9-10H2,1H3,(H,15,20)(H,16,22)(H,17,21)/p+1. The first kappa shape index (κ1) is 17.0. The number of furan rings is 1. The second-order valence-electron chi connectivity index (χ2n) is 5.42. The zero-order valence-corrected chi connectivity index (χ0v) is 13.1. The first-order valence-corrected chi connectivity index (χ1v) is 7.48. The van der Waals surface area contributed by atoms with Crippen LogP contribution in [0.1, 0.15) is 10.6 Å². The zero-order valence-electron chi connectivity index (χ0n) is 13.1. The van der Waals surface area contributed by atoms with Crippen molar-refractivity contribution in [1.29, 1.82) is 0 Å². The molecule has 0 aromatic carbocycles. The highest BCUT2D eigenvalue weighted by Crippen LogP contribution is 1.98. The van der Waals surface area contributed by atoms with E-state index in [0.717, 1.165) is 26.2 Å². The highest BCUT2D eigenvalue weighted by atomic mass is 16.3. The number of likely N-dealkylation sites (N-methyl/N-ethyl adjacent to an activating group) is 1. The van der Waals surface area contributed by atoms with Crippen LogP contribution < -0.4 is 21.0 Å². The second-order valence-corrected chi connectivity index (χ2v) is 5.42. The molecular weight excluding hydrogens is 302 g/mol. The molecule has 1 aliphatic heterocycles. The monoisotopic (exact) mass is 324 g/mol. The molecule has 0 radical (unpaired) electrons. The van der Waals surface area contributed by atoms with E-state index in [1.165, 1.54) is 17.2 Å². The molecule has 2 rings (SSSR count). The molecule has 9 heteroatoms. The van der Waals surface area contributed by atoms with Gasteiger partial charge < -0.3 is 20.0 Å². The molecule has 1 aliphatic rings. The quantitative estimate of drug-likeness (QED) is 0.446. The smallest absolute Gasteiger partial charge is 0.287 e. The fraction of sp³-hybridized carbons (Fsp3) is 0.500. The summed E-state index contributed by atoms with van der Waals surface area (Å²) in [5.74, 6) is -1.07. The van der Waals surface area contributed by atoms with E-state index in [2.05, 4.69) is 23.1 Å². The van der Waals surface area contributed by atoms with Crippen molar-refractivity contribution in [2.75, 3.05) is 46.3 Å². The molecule has 1 saturated heterocycles. The lowest BCUT2D eigenvalue weighted by Crippen LogP contribution is -3.12. The van der Waals surface area contributed by atoms with Gasteiger partial charge in [-0.05, 0) is 12.1 Å². The molecule has 0 aliphatic carbocycles. The number of nitrogens with zero attached hydrogens (tertiary/aromatic N) is 1. The van der Waals surface area contributed by atoms with Crippen molar-refractivity contribution >= 4 is 17.7 Å². The second kappa shape index (κ2) is 8.30. The lowest BCUT2D eigenvalue weighted by atomic mass is 10.4. The van der Waals surface area contributed by atoms with Crippen molar-refractivity contribution < 1.29 is 23.7 Å². The number of piperazine rings is 1. The molecule has 1 fully saturated rings. The maximum atomic E-state index is 11.7. The summed E-state index contributed by atoms with van der Waals surface area (Å²) in [6.07, 6.45) is 1.37. The largest absolute Gasteiger partial charge is 0.459 e. The van der Waals surface area contributed by atoms with Gasteiger partial charge in [0.25, 0.3) is 11.8 Å². The normalized spacial score (nSPS) is 15.9. The van der Waals surface area contributed by atoms with E-state index in [9.17, 15) is 14.4 Å². The lowest BCUT2D eigenvalue weighted by Gasteiger charge is -2.30. The van der Waals surface area contributed by atoms with Gasteiger partial charge in [0.1, 0.15) is 0 Å². The van der Waals surface area contributed by atoms with Crippen LogP contribution in [0, 0.1) is 0 Å². The molecule has 1 aromatic rings. The number of hydrogen-bond acceptors (Lipinski definition) is 5. The molecule has 126 valence electrons. The molecule has 0 unspecified atom stereocenters. The maximum Gasteiger partial charge on any atom is 0.287 e. The summed E-state index contributed by atoms with van der Waals surface area (Å²) < 4.78 is 4.90. The highest BCUT2D eigenvalue weighted by molar-refractivity contribution is 5.94. The van der Waals surface area contributed by atoms with Gasteiger partial charge >= 0.3 is 0 Å². The van der Waals surface area contributed by atoms with Gasteiger partial charge in [-0.2, -0.15) is 0 Å². The Bertz CT molecular complexity index is 537. The van der Waals surface area contributed by atoms with Gasteiger partial charge in [0.2, 0.25) is 5.91 Å². The Balaban J connectivity index is 1.60. The predicted molar refractivity (Wildman–Crippen MR) is 80.4 cm³/mol. The number of quaternary nitrogens is 1. The number of carbonyl (C=O) groups is 3. The number of rotatable bonds is 6. The molecule has 9 nitrogen and oxygen atoms in total. The third-order valence-corrected chi connectivity index (χ3v) is 3.50. The molecule has 0 bridgehead atoms. The third-order valence-electron chi connectivity index (χ3n) is 3.50. The minimum absolute atomic E-state index is 0.130. The van der Waals surface area contributed by atoms with Crippen LogP contribution in [0.4, 0.5) is 0 Å². The zero-order chi connectivity index (χ0) is 16.7. The van der Waals surface area contributed by atoms with Crippen molar-refractivity contribution in [3.63, 3.8) is 0 Å². The van der Waals surface area contributed by atoms with E-state index in [4.69, 9.17) is 4.42 Å². The van der Waals surface area contributed by atoms with Gasteiger partial charge in [-0.1, -0.05) is 0 Å². The Morgan fingerprint density at radius 1 is 1.17 bits per heavy atom. The maximum absolute atomic E-state index is 11.7. The molecule has 0 spiro atoms. The van der Waals surface area contributed by atoms with Crippen molar-refractivity contribution in [3.05, 3.63) is 24.2 Å². The lowest BCUT2D eigenvalue weighted by molar-refractivity contribution is -0.884. The number of amides is 3. The van der Waals surface area contributed by atoms with Crippen molar-refractivity contribution in [1.82, 2.24) is 21.1 Å². The number of carbonyl (C=O) groups excluding carboxylic acids is 3. The van der Waals surface area contributed by atoms with E-state index < -0.39 is 11.8 Å². The minimum atomic E-state index is -0.477. The van der Waals surface area contributed by atoms with Crippen LogP contribution in [0.2, 0.25) is 0 Å². The Morgan fingerprint density at radius 3 is 2.52 bits per heavy atom. The Hall–Kier alpha value is -2.39. The minimum Gasteiger partial charge on any atom is -0.459 e. The number of hydrazine groups is 1. The first-order valence-electron chi connectivity index (χ1n) is 7.48. The fourth-order valence-electron chi connectivity index (χ4n) is 2.11. The van der Waals surface area contributed by atoms with Crippen LogP contribution in [0.3, 0.4) is 0 Å². The first-order chi connectivity index (χ1) is 11.0. The van der Waals surface area contributed by atoms with Crippen LogP contribution in [0.5, 0.6) is 0 Å². The van der Waals surface area contributed by atoms with E-state index in [-0.39, 0.29) is 24.8 Å². The van der Waals surface area contributed by atoms with Gasteiger partial charge in [0, 0.05) is 0 Å². The molecule has 3 amide bonds. The van der Waals surface area contributed by atoms with Gasteiger partial charge in [-0.25, -0.2) is 5.01 Å². The molecule has 4 N–H and O–H groups in total. The molecular formula is C14H22N5O4+. The van der Waals surface area contributed by atoms with Gasteiger partial charge in [0.05, 0.1) is 52.6 Å². The van der Waals surface area contributed by atoms with Gasteiger partial charge in [0.15, 0.2) is 5.76 Å². The highest BCUT2D eigenvalue weighted by Gasteiger charge is 2.18. The molecule has 0 atom stereocenters. The van der Waals surface area contributed by atoms with Gasteiger partial charge in [-0.15, -0.1) is 0 Å². The Kier molecular flexibility index (Phi) is 6.12. The summed E-state index contributed by atoms with van der Waals surface area (Å²) in [5.41, 5.74) is 2.75. The fourth-order valence-corrected chi connectivity index (χ4v) is 2.11. The van der Waals surface area contributed by atoms with Crippen LogP contribution in [-0.4, -0.2) is 69.0 Å². The summed E-state index contributed by atoms with van der Waals surface area (Å²) in [6.45, 7) is 3.14. The average molecular weight is 324 g/mol. The molecule has 1 aromatic heterocycles. The summed E-state index contributed by atoms with van der Waals surface area (Å²) in [5, 5.41) is 6.71. The average Bonchev–Trinajstić information content (AvgIpc) is 3.07. The van der Waals surface area contributed by atoms with Crippen LogP contribution in [0.15, 0.2) is 22.8 Å². The van der Waals surface area contributed by atoms with E-state index in [1.54, 1.807) is 6.07 Å². The van der Waals surface area contributed by atoms with E-state index in [1.807, 2.05) is 5.01 Å². The van der Waals surface area contributed by atoms with Crippen LogP contribution in [-0.2, 0) is 9.59 Å². The van der Waals surface area contributed by atoms with Crippen LogP contribution in [0.25, 0.3) is 0 Å². The van der Waals surface area contributed by atoms with Gasteiger partial charge in [-0.3, -0.25) is 19.8 Å². The van der Waals surface area contributed by atoms with Crippen molar-refractivity contribution in [3.8, 4) is 0 Å². The molecule has 0 saturated carbocycles. The predicted octanol–water partition coefficient (Wildman–Crippen LogP) is -3.01. The SMILES string of the molecule is C[NH+]1CCN(NC(=O)CNC(=O)CNC(=O)c2ccco2)CC1. The van der Waals surface area contributed by atoms with Crippen LogP contribution >= 0.6 is 0 Å². The summed E-state index contributed by atoms with van der Waals surface area (Å²) in [6, 6.07) is 3.08. The molecule has 23 heavy (non-hydrogen) atoms. The Labute approximate surface area is 133 Å². The Morgan fingerprint density at radius 2 is 1.87 bits per heavy atom. The summed E-state index contributed by atoms with van der Waals surface area (Å²) in [4.78, 5) is 36.3. The molecule has 2 heterocycles. The van der Waals surface area contributed by atoms with E-state index >= 15 is 0 Å². The van der Waals surface area contributed by atoms with Crippen molar-refractivity contribution in [2.45, 2.75) is 0 Å². The number of hydrogen-bond donors (Lipinski definition) is 4. The van der Waals surface area contributed by atoms with E-state index in [0.29, 0.717) is 0 Å².